The number of hydrogen-bond acceptors (Lipinski definition) is 5. The SMILES string of the molecule is CCOC(=O)c1c(C)oc(=O)c(Cc2ccccc2)c1O. The quantitative estimate of drug-likeness (QED) is 0.874. The molecule has 2 aromatic rings. The Morgan fingerprint density at radius 2 is 1.95 bits per heavy atom. The average Bonchev–Trinajstić information content (AvgIpc) is 2.44. The highest BCUT2D eigenvalue weighted by Gasteiger charge is 2.23. The van der Waals surface area contributed by atoms with E-state index < -0.39 is 11.6 Å². The summed E-state index contributed by atoms with van der Waals surface area (Å²) >= 11 is 0. The van der Waals surface area contributed by atoms with Gasteiger partial charge >= 0.3 is 11.6 Å². The molecule has 0 saturated carbocycles. The average molecular weight is 288 g/mol. The van der Waals surface area contributed by atoms with E-state index in [1.807, 2.05) is 30.3 Å². The summed E-state index contributed by atoms with van der Waals surface area (Å²) in [6.45, 7) is 3.28. The van der Waals surface area contributed by atoms with Crippen molar-refractivity contribution in [2.24, 2.45) is 0 Å². The zero-order valence-corrected chi connectivity index (χ0v) is 11.9. The lowest BCUT2D eigenvalue weighted by Gasteiger charge is -2.10. The Balaban J connectivity index is 2.49. The fraction of sp³-hybridized carbons (Fsp3) is 0.250. The minimum atomic E-state index is -0.703. The maximum atomic E-state index is 11.9. The Morgan fingerprint density at radius 3 is 2.57 bits per heavy atom. The fourth-order valence-electron chi connectivity index (χ4n) is 2.07. The van der Waals surface area contributed by atoms with E-state index in [-0.39, 0.29) is 35.7 Å². The van der Waals surface area contributed by atoms with Crippen LogP contribution in [-0.4, -0.2) is 17.7 Å². The summed E-state index contributed by atoms with van der Waals surface area (Å²) in [5.41, 5.74) is 0.137. The van der Waals surface area contributed by atoms with Gasteiger partial charge in [0.1, 0.15) is 17.1 Å². The first-order chi connectivity index (χ1) is 10.0. The Labute approximate surface area is 121 Å². The summed E-state index contributed by atoms with van der Waals surface area (Å²) in [4.78, 5) is 23.8. The predicted molar refractivity (Wildman–Crippen MR) is 76.6 cm³/mol. The number of carbonyl (C=O) groups excluding carboxylic acids is 1. The van der Waals surface area contributed by atoms with Gasteiger partial charge in [0.25, 0.3) is 0 Å². The lowest BCUT2D eigenvalue weighted by molar-refractivity contribution is 0.0517. The predicted octanol–water partition coefficient (Wildman–Crippen LogP) is 2.42. The molecule has 0 radical (unpaired) electrons. The highest BCUT2D eigenvalue weighted by molar-refractivity contribution is 5.93. The largest absolute Gasteiger partial charge is 0.506 e. The molecule has 0 spiro atoms. The smallest absolute Gasteiger partial charge is 0.345 e. The van der Waals surface area contributed by atoms with E-state index in [1.54, 1.807) is 6.92 Å². The molecule has 110 valence electrons. The van der Waals surface area contributed by atoms with Gasteiger partial charge in [-0.1, -0.05) is 30.3 Å². The summed E-state index contributed by atoms with van der Waals surface area (Å²) in [6.07, 6.45) is 0.182. The molecular formula is C16H16O5. The number of benzene rings is 1. The lowest BCUT2D eigenvalue weighted by atomic mass is 10.0. The molecule has 0 amide bonds. The summed E-state index contributed by atoms with van der Waals surface area (Å²) in [7, 11) is 0. The third kappa shape index (κ3) is 3.13. The minimum Gasteiger partial charge on any atom is -0.506 e. The van der Waals surface area contributed by atoms with Crippen molar-refractivity contribution in [1.82, 2.24) is 0 Å². The number of carbonyl (C=O) groups is 1. The summed E-state index contributed by atoms with van der Waals surface area (Å²) in [5.74, 6) is -1.02. The summed E-state index contributed by atoms with van der Waals surface area (Å²) in [6, 6.07) is 9.15. The standard InChI is InChI=1S/C16H16O5/c1-3-20-16(19)13-10(2)21-15(18)12(14(13)17)9-11-7-5-4-6-8-11/h4-8,17H,3,9H2,1-2H3. The molecule has 2 rings (SSSR count). The van der Waals surface area contributed by atoms with Crippen molar-refractivity contribution in [3.05, 3.63) is 63.2 Å². The van der Waals surface area contributed by atoms with Crippen LogP contribution in [0, 0.1) is 6.92 Å². The van der Waals surface area contributed by atoms with Gasteiger partial charge in [-0.15, -0.1) is 0 Å². The maximum Gasteiger partial charge on any atom is 0.345 e. The van der Waals surface area contributed by atoms with Gasteiger partial charge in [-0.05, 0) is 19.4 Å². The van der Waals surface area contributed by atoms with E-state index in [0.29, 0.717) is 0 Å². The van der Waals surface area contributed by atoms with Gasteiger partial charge in [0.05, 0.1) is 12.2 Å². The molecule has 0 aliphatic carbocycles. The van der Waals surface area contributed by atoms with Crippen molar-refractivity contribution >= 4 is 5.97 Å². The van der Waals surface area contributed by atoms with Crippen LogP contribution in [0.1, 0.15) is 34.2 Å². The zero-order chi connectivity index (χ0) is 15.4. The molecule has 0 bridgehead atoms. The number of aryl methyl sites for hydroxylation is 1. The summed E-state index contributed by atoms with van der Waals surface area (Å²) in [5, 5.41) is 10.2. The van der Waals surface area contributed by atoms with E-state index in [9.17, 15) is 14.7 Å². The van der Waals surface area contributed by atoms with E-state index in [4.69, 9.17) is 9.15 Å². The van der Waals surface area contributed by atoms with Crippen molar-refractivity contribution in [1.29, 1.82) is 0 Å². The number of esters is 1. The van der Waals surface area contributed by atoms with Crippen molar-refractivity contribution in [3.8, 4) is 5.75 Å². The first-order valence-corrected chi connectivity index (χ1v) is 6.61. The van der Waals surface area contributed by atoms with Crippen LogP contribution in [0.3, 0.4) is 0 Å². The Kier molecular flexibility index (Phi) is 4.42. The van der Waals surface area contributed by atoms with Crippen LogP contribution >= 0.6 is 0 Å². The second-order valence-electron chi connectivity index (χ2n) is 4.53. The third-order valence-corrected chi connectivity index (χ3v) is 3.07. The molecule has 21 heavy (non-hydrogen) atoms. The van der Waals surface area contributed by atoms with Gasteiger partial charge < -0.3 is 14.3 Å². The van der Waals surface area contributed by atoms with Crippen molar-refractivity contribution in [2.75, 3.05) is 6.61 Å². The zero-order valence-electron chi connectivity index (χ0n) is 11.9. The van der Waals surface area contributed by atoms with Crippen LogP contribution in [0.2, 0.25) is 0 Å². The van der Waals surface area contributed by atoms with E-state index in [2.05, 4.69) is 0 Å². The highest BCUT2D eigenvalue weighted by atomic mass is 16.5. The van der Waals surface area contributed by atoms with E-state index in [0.717, 1.165) is 5.56 Å². The maximum absolute atomic E-state index is 11.9. The first-order valence-electron chi connectivity index (χ1n) is 6.61. The van der Waals surface area contributed by atoms with Crippen LogP contribution < -0.4 is 5.63 Å². The van der Waals surface area contributed by atoms with Crippen molar-refractivity contribution in [3.63, 3.8) is 0 Å². The van der Waals surface area contributed by atoms with Gasteiger partial charge in [0.15, 0.2) is 0 Å². The van der Waals surface area contributed by atoms with Crippen LogP contribution in [0.5, 0.6) is 5.75 Å². The number of rotatable bonds is 4. The van der Waals surface area contributed by atoms with Gasteiger partial charge in [-0.25, -0.2) is 9.59 Å². The summed E-state index contributed by atoms with van der Waals surface area (Å²) < 4.78 is 9.92. The van der Waals surface area contributed by atoms with Gasteiger partial charge in [0.2, 0.25) is 0 Å². The van der Waals surface area contributed by atoms with Crippen molar-refractivity contribution < 1.29 is 19.1 Å². The molecule has 0 aliphatic rings. The molecule has 1 heterocycles. The second-order valence-corrected chi connectivity index (χ2v) is 4.53. The van der Waals surface area contributed by atoms with Crippen LogP contribution in [-0.2, 0) is 11.2 Å². The van der Waals surface area contributed by atoms with Crippen LogP contribution in [0.15, 0.2) is 39.5 Å². The molecule has 0 saturated heterocycles. The van der Waals surface area contributed by atoms with E-state index >= 15 is 0 Å². The van der Waals surface area contributed by atoms with Gasteiger partial charge in [-0.3, -0.25) is 0 Å². The number of hydrogen-bond donors (Lipinski definition) is 1. The highest BCUT2D eigenvalue weighted by Crippen LogP contribution is 2.25. The molecule has 5 nitrogen and oxygen atoms in total. The molecule has 5 heteroatoms. The van der Waals surface area contributed by atoms with Crippen LogP contribution in [0.25, 0.3) is 0 Å². The second kappa shape index (κ2) is 6.26. The monoisotopic (exact) mass is 288 g/mol. The Morgan fingerprint density at radius 1 is 1.29 bits per heavy atom. The normalized spacial score (nSPS) is 10.4. The number of aromatic hydroxyl groups is 1. The molecule has 1 aromatic carbocycles. The lowest BCUT2D eigenvalue weighted by Crippen LogP contribution is -2.15. The Hall–Kier alpha value is -2.56. The van der Waals surface area contributed by atoms with Crippen molar-refractivity contribution in [2.45, 2.75) is 20.3 Å². The van der Waals surface area contributed by atoms with Gasteiger partial charge in [0, 0.05) is 6.42 Å². The molecule has 0 aliphatic heterocycles. The van der Waals surface area contributed by atoms with Gasteiger partial charge in [-0.2, -0.15) is 0 Å². The molecular weight excluding hydrogens is 272 g/mol. The third-order valence-electron chi connectivity index (χ3n) is 3.07. The molecule has 0 fully saturated rings. The van der Waals surface area contributed by atoms with E-state index in [1.165, 1.54) is 6.92 Å². The Bertz CT molecular complexity index is 701. The topological polar surface area (TPSA) is 76.7 Å². The first kappa shape index (κ1) is 14.8. The molecule has 1 N–H and O–H groups in total. The molecule has 0 atom stereocenters. The fourth-order valence-corrected chi connectivity index (χ4v) is 2.07. The number of ether oxygens (including phenoxy) is 1. The molecule has 1 aromatic heterocycles. The minimum absolute atomic E-state index is 0.0489. The molecule has 0 unspecified atom stereocenters. The van der Waals surface area contributed by atoms with Crippen LogP contribution in [0.4, 0.5) is 0 Å².